The lowest BCUT2D eigenvalue weighted by Crippen LogP contribution is -2.24. The van der Waals surface area contributed by atoms with Crippen molar-refractivity contribution in [2.45, 2.75) is 25.2 Å². The highest BCUT2D eigenvalue weighted by Crippen LogP contribution is 2.45. The molecule has 2 heterocycles. The van der Waals surface area contributed by atoms with Gasteiger partial charge in [0, 0.05) is 70.5 Å². The molecule has 0 aliphatic heterocycles. The van der Waals surface area contributed by atoms with Crippen LogP contribution in [0.3, 0.4) is 0 Å². The quantitative estimate of drug-likeness (QED) is 0.160. The Morgan fingerprint density at radius 2 is 1.28 bits per heavy atom. The van der Waals surface area contributed by atoms with Gasteiger partial charge in [-0.3, -0.25) is 0 Å². The van der Waals surface area contributed by atoms with Crippen molar-refractivity contribution < 1.29 is 4.42 Å². The van der Waals surface area contributed by atoms with E-state index >= 15 is 0 Å². The molecule has 8 aromatic carbocycles. The molecule has 2 aliphatic rings. The molecule has 0 N–H and O–H groups in total. The summed E-state index contributed by atoms with van der Waals surface area (Å²) in [5.74, 6) is 0.289. The van der Waals surface area contributed by atoms with Gasteiger partial charge in [0.2, 0.25) is 0 Å². The molecule has 0 spiro atoms. The van der Waals surface area contributed by atoms with Crippen molar-refractivity contribution in [1.82, 2.24) is 0 Å². The highest BCUT2D eigenvalue weighted by atomic mass is 32.1. The Bertz CT molecular complexity index is 3450. The number of hydrogen-bond donors (Lipinski definition) is 0. The SMILES string of the molecule is C1=CC(c2cccc3c2oc2c4ccccc4ccc32)=C(N(C2=CCC(c3cccc(-c4ccccc4)c3)C=C2)c2ccc(-c3cccc4c3sc3ccccc34)cc2)CC1. The number of allylic oxidation sites excluding steroid dienone is 7. The zero-order chi connectivity index (χ0) is 40.3. The smallest absolute Gasteiger partial charge is 0.143 e. The Balaban J connectivity index is 0.987. The minimum absolute atomic E-state index is 0.289. The second kappa shape index (κ2) is 14.8. The van der Waals surface area contributed by atoms with E-state index in [0.29, 0.717) is 0 Å². The maximum atomic E-state index is 6.94. The summed E-state index contributed by atoms with van der Waals surface area (Å²) >= 11 is 1.88. The maximum absolute atomic E-state index is 6.94. The molecule has 2 aromatic heterocycles. The van der Waals surface area contributed by atoms with Gasteiger partial charge in [-0.1, -0.05) is 176 Å². The number of nitrogens with zero attached hydrogens (tertiary/aromatic N) is 1. The topological polar surface area (TPSA) is 16.4 Å². The number of thiophene rings is 1. The summed E-state index contributed by atoms with van der Waals surface area (Å²) < 4.78 is 9.60. The van der Waals surface area contributed by atoms with Gasteiger partial charge in [-0.15, -0.1) is 11.3 Å². The van der Waals surface area contributed by atoms with Gasteiger partial charge in [0.25, 0.3) is 0 Å². The second-order valence-electron chi connectivity index (χ2n) is 16.2. The van der Waals surface area contributed by atoms with Gasteiger partial charge < -0.3 is 9.32 Å². The molecule has 0 saturated heterocycles. The van der Waals surface area contributed by atoms with E-state index in [0.717, 1.165) is 57.8 Å². The molecular weight excluding hydrogens is 759 g/mol. The predicted octanol–water partition coefficient (Wildman–Crippen LogP) is 16.6. The first-order valence-electron chi connectivity index (χ1n) is 21.3. The number of para-hydroxylation sites is 1. The third kappa shape index (κ3) is 6.15. The largest absolute Gasteiger partial charge is 0.455 e. The molecule has 1 unspecified atom stereocenters. The molecule has 0 bridgehead atoms. The van der Waals surface area contributed by atoms with E-state index < -0.39 is 0 Å². The molecule has 61 heavy (non-hydrogen) atoms. The Hall–Kier alpha value is -7.20. The highest BCUT2D eigenvalue weighted by Gasteiger charge is 2.26. The molecule has 0 fully saturated rings. The lowest BCUT2D eigenvalue weighted by atomic mass is 9.88. The van der Waals surface area contributed by atoms with Crippen LogP contribution in [0.2, 0.25) is 0 Å². The zero-order valence-corrected chi connectivity index (χ0v) is 34.4. The molecular formula is C58H41NOS. The second-order valence-corrected chi connectivity index (χ2v) is 17.3. The Morgan fingerprint density at radius 1 is 0.541 bits per heavy atom. The summed E-state index contributed by atoms with van der Waals surface area (Å²) in [5.41, 5.74) is 14.2. The highest BCUT2D eigenvalue weighted by molar-refractivity contribution is 7.26. The van der Waals surface area contributed by atoms with Crippen LogP contribution in [-0.2, 0) is 0 Å². The molecule has 10 aromatic rings. The van der Waals surface area contributed by atoms with E-state index in [9.17, 15) is 0 Å². The fraction of sp³-hybridized carbons (Fsp3) is 0.0690. The van der Waals surface area contributed by atoms with Gasteiger partial charge in [-0.2, -0.15) is 0 Å². The van der Waals surface area contributed by atoms with Gasteiger partial charge in [0.1, 0.15) is 11.2 Å². The number of furan rings is 1. The fourth-order valence-corrected chi connectivity index (χ4v) is 10.9. The molecule has 2 aliphatic carbocycles. The van der Waals surface area contributed by atoms with Crippen LogP contribution in [0.4, 0.5) is 5.69 Å². The zero-order valence-electron chi connectivity index (χ0n) is 33.6. The van der Waals surface area contributed by atoms with E-state index in [1.165, 1.54) is 70.3 Å². The average Bonchev–Trinajstić information content (AvgIpc) is 3.92. The molecule has 0 saturated carbocycles. The van der Waals surface area contributed by atoms with Crippen LogP contribution in [0.5, 0.6) is 0 Å². The van der Waals surface area contributed by atoms with Crippen molar-refractivity contribution >= 4 is 75.5 Å². The molecule has 3 heteroatoms. The van der Waals surface area contributed by atoms with E-state index in [1.54, 1.807) is 0 Å². The van der Waals surface area contributed by atoms with Crippen LogP contribution in [0.25, 0.3) is 80.7 Å². The monoisotopic (exact) mass is 799 g/mol. The third-order valence-electron chi connectivity index (χ3n) is 12.7. The van der Waals surface area contributed by atoms with E-state index in [1.807, 2.05) is 11.3 Å². The summed E-state index contributed by atoms with van der Waals surface area (Å²) in [4.78, 5) is 2.52. The number of fused-ring (bicyclic) bond motifs is 8. The van der Waals surface area contributed by atoms with Crippen molar-refractivity contribution in [1.29, 1.82) is 0 Å². The lowest BCUT2D eigenvalue weighted by Gasteiger charge is -2.34. The summed E-state index contributed by atoms with van der Waals surface area (Å²) in [6.45, 7) is 0. The number of benzene rings is 8. The van der Waals surface area contributed by atoms with Gasteiger partial charge >= 0.3 is 0 Å². The summed E-state index contributed by atoms with van der Waals surface area (Å²) in [6.07, 6.45) is 14.6. The first kappa shape index (κ1) is 35.7. The molecule has 0 radical (unpaired) electrons. The van der Waals surface area contributed by atoms with Crippen molar-refractivity contribution in [3.8, 4) is 22.3 Å². The minimum atomic E-state index is 0.289. The van der Waals surface area contributed by atoms with Gasteiger partial charge in [-0.25, -0.2) is 0 Å². The van der Waals surface area contributed by atoms with E-state index in [-0.39, 0.29) is 5.92 Å². The third-order valence-corrected chi connectivity index (χ3v) is 13.9. The van der Waals surface area contributed by atoms with E-state index in [4.69, 9.17) is 4.42 Å². The average molecular weight is 800 g/mol. The van der Waals surface area contributed by atoms with E-state index in [2.05, 4.69) is 211 Å². The van der Waals surface area contributed by atoms with Crippen molar-refractivity contribution in [3.63, 3.8) is 0 Å². The molecule has 2 nitrogen and oxygen atoms in total. The van der Waals surface area contributed by atoms with Crippen LogP contribution >= 0.6 is 11.3 Å². The predicted molar refractivity (Wildman–Crippen MR) is 260 cm³/mol. The van der Waals surface area contributed by atoms with Crippen molar-refractivity contribution in [3.05, 3.63) is 229 Å². The normalized spacial score (nSPS) is 15.4. The van der Waals surface area contributed by atoms with Crippen LogP contribution in [0.15, 0.2) is 222 Å². The Morgan fingerprint density at radius 3 is 2.15 bits per heavy atom. The summed E-state index contributed by atoms with van der Waals surface area (Å²) in [5, 5.41) is 7.27. The van der Waals surface area contributed by atoms with Crippen LogP contribution in [-0.4, -0.2) is 0 Å². The standard InChI is InChI=1S/C58H41NOS/c1-2-13-38(14-3-1)42-16-10-17-43(37-42)39-27-32-44(33-28-39)59(45-34-29-41(30-35-45)47-21-11-24-53-49-20-7-9-26-55(49)61-58(47)53)54-25-8-6-19-48(54)50-22-12-23-51-52-36-31-40-15-4-5-18-46(40)56(52)60-57(50)51/h1-7,9-24,26-27,29-37,39H,8,25,28H2. The Labute approximate surface area is 359 Å². The molecule has 290 valence electrons. The Kier molecular flexibility index (Phi) is 8.67. The molecule has 1 atom stereocenters. The molecule has 12 rings (SSSR count). The lowest BCUT2D eigenvalue weighted by molar-refractivity contribution is 0.671. The van der Waals surface area contributed by atoms with Crippen LogP contribution < -0.4 is 4.90 Å². The fourth-order valence-electron chi connectivity index (χ4n) is 9.69. The molecule has 0 amide bonds. The van der Waals surface area contributed by atoms with Crippen molar-refractivity contribution in [2.24, 2.45) is 0 Å². The number of rotatable bonds is 7. The van der Waals surface area contributed by atoms with Gasteiger partial charge in [-0.05, 0) is 82.8 Å². The summed E-state index contributed by atoms with van der Waals surface area (Å²) in [7, 11) is 0. The maximum Gasteiger partial charge on any atom is 0.143 e. The van der Waals surface area contributed by atoms with Crippen molar-refractivity contribution in [2.75, 3.05) is 4.90 Å². The summed E-state index contributed by atoms with van der Waals surface area (Å²) in [6, 6.07) is 64.1. The first-order chi connectivity index (χ1) is 30.2. The number of anilines is 1. The number of hydrogen-bond acceptors (Lipinski definition) is 3. The van der Waals surface area contributed by atoms with Gasteiger partial charge in [0.05, 0.1) is 0 Å². The first-order valence-corrected chi connectivity index (χ1v) is 22.1. The van der Waals surface area contributed by atoms with Crippen LogP contribution in [0, 0.1) is 0 Å². The minimum Gasteiger partial charge on any atom is -0.455 e. The van der Waals surface area contributed by atoms with Crippen LogP contribution in [0.1, 0.15) is 36.3 Å². The van der Waals surface area contributed by atoms with Gasteiger partial charge in [0.15, 0.2) is 0 Å².